The first-order chi connectivity index (χ1) is 13.5. The standard InChI is InChI=1S/C22H28N2O4/c1-23(2)15-20-21(16-8-6-5-7-9-16)24(12-13-28-20)22(25)18-11-10-17(26-3)14-19(18)27-4/h5-11,14,20-21H,12-13,15H2,1-4H3/t20-,21-/m0/s1. The van der Waals surface area contributed by atoms with Gasteiger partial charge in [-0.05, 0) is 31.8 Å². The van der Waals surface area contributed by atoms with Gasteiger partial charge in [-0.3, -0.25) is 4.79 Å². The summed E-state index contributed by atoms with van der Waals surface area (Å²) in [6, 6.07) is 15.2. The van der Waals surface area contributed by atoms with Gasteiger partial charge in [0.1, 0.15) is 11.5 Å². The van der Waals surface area contributed by atoms with Crippen molar-refractivity contribution in [2.45, 2.75) is 12.1 Å². The summed E-state index contributed by atoms with van der Waals surface area (Å²) in [5, 5.41) is 0. The van der Waals surface area contributed by atoms with E-state index >= 15 is 0 Å². The van der Waals surface area contributed by atoms with Crippen molar-refractivity contribution in [2.75, 3.05) is 48.0 Å². The number of hydrogen-bond donors (Lipinski definition) is 0. The number of nitrogens with zero attached hydrogens (tertiary/aromatic N) is 2. The highest BCUT2D eigenvalue weighted by Crippen LogP contribution is 2.34. The van der Waals surface area contributed by atoms with E-state index in [0.29, 0.717) is 30.2 Å². The minimum Gasteiger partial charge on any atom is -0.497 e. The molecule has 6 heteroatoms. The largest absolute Gasteiger partial charge is 0.497 e. The van der Waals surface area contributed by atoms with Crippen LogP contribution in [0.25, 0.3) is 0 Å². The van der Waals surface area contributed by atoms with Crippen molar-refractivity contribution in [3.8, 4) is 11.5 Å². The van der Waals surface area contributed by atoms with E-state index in [1.165, 1.54) is 0 Å². The van der Waals surface area contributed by atoms with E-state index in [1.54, 1.807) is 32.4 Å². The van der Waals surface area contributed by atoms with Crippen LogP contribution >= 0.6 is 0 Å². The molecule has 0 radical (unpaired) electrons. The van der Waals surface area contributed by atoms with Crippen LogP contribution < -0.4 is 9.47 Å². The Morgan fingerprint density at radius 2 is 1.89 bits per heavy atom. The van der Waals surface area contributed by atoms with Crippen molar-refractivity contribution in [1.29, 1.82) is 0 Å². The summed E-state index contributed by atoms with van der Waals surface area (Å²) in [7, 11) is 7.18. The molecule has 2 aromatic carbocycles. The fourth-order valence-electron chi connectivity index (χ4n) is 3.65. The third kappa shape index (κ3) is 4.29. The third-order valence-electron chi connectivity index (χ3n) is 4.94. The van der Waals surface area contributed by atoms with Crippen LogP contribution in [-0.2, 0) is 4.74 Å². The van der Waals surface area contributed by atoms with E-state index in [9.17, 15) is 4.79 Å². The van der Waals surface area contributed by atoms with Crippen molar-refractivity contribution < 1.29 is 19.0 Å². The topological polar surface area (TPSA) is 51.2 Å². The first kappa shape index (κ1) is 20.2. The minimum absolute atomic E-state index is 0.0691. The van der Waals surface area contributed by atoms with Crippen LogP contribution in [0.4, 0.5) is 0 Å². The van der Waals surface area contributed by atoms with E-state index in [-0.39, 0.29) is 18.1 Å². The second-order valence-corrected chi connectivity index (χ2v) is 7.09. The summed E-state index contributed by atoms with van der Waals surface area (Å²) in [4.78, 5) is 17.5. The molecule has 0 aliphatic carbocycles. The normalized spacial score (nSPS) is 19.5. The molecule has 0 N–H and O–H groups in total. The zero-order valence-electron chi connectivity index (χ0n) is 16.9. The molecular weight excluding hydrogens is 356 g/mol. The van der Waals surface area contributed by atoms with Crippen LogP contribution in [0.5, 0.6) is 11.5 Å². The molecule has 3 rings (SSSR count). The molecule has 0 spiro atoms. The molecule has 1 aliphatic rings. The Bertz CT molecular complexity index is 794. The molecule has 1 amide bonds. The molecule has 0 saturated carbocycles. The second-order valence-electron chi connectivity index (χ2n) is 7.09. The maximum absolute atomic E-state index is 13.5. The molecule has 1 fully saturated rings. The van der Waals surface area contributed by atoms with Gasteiger partial charge >= 0.3 is 0 Å². The highest BCUT2D eigenvalue weighted by atomic mass is 16.5. The Morgan fingerprint density at radius 1 is 1.14 bits per heavy atom. The molecule has 0 unspecified atom stereocenters. The molecule has 6 nitrogen and oxygen atoms in total. The maximum Gasteiger partial charge on any atom is 0.258 e. The van der Waals surface area contributed by atoms with Gasteiger partial charge in [0.15, 0.2) is 0 Å². The smallest absolute Gasteiger partial charge is 0.258 e. The fourth-order valence-corrected chi connectivity index (χ4v) is 3.65. The van der Waals surface area contributed by atoms with E-state index in [1.807, 2.05) is 49.3 Å². The summed E-state index contributed by atoms with van der Waals surface area (Å²) >= 11 is 0. The zero-order valence-corrected chi connectivity index (χ0v) is 16.9. The molecule has 1 saturated heterocycles. The Labute approximate surface area is 166 Å². The number of carbonyl (C=O) groups is 1. The lowest BCUT2D eigenvalue weighted by atomic mass is 9.96. The number of likely N-dealkylation sites (N-methyl/N-ethyl adjacent to an activating group) is 1. The number of carbonyl (C=O) groups excluding carboxylic acids is 1. The Morgan fingerprint density at radius 3 is 2.54 bits per heavy atom. The van der Waals surface area contributed by atoms with Crippen LogP contribution in [0.2, 0.25) is 0 Å². The van der Waals surface area contributed by atoms with Crippen LogP contribution in [0.15, 0.2) is 48.5 Å². The molecule has 1 aliphatic heterocycles. The first-order valence-electron chi connectivity index (χ1n) is 9.39. The number of ether oxygens (including phenoxy) is 3. The maximum atomic E-state index is 13.5. The van der Waals surface area contributed by atoms with Crippen LogP contribution in [0.1, 0.15) is 22.0 Å². The monoisotopic (exact) mass is 384 g/mol. The number of benzene rings is 2. The molecular formula is C22H28N2O4. The van der Waals surface area contributed by atoms with Gasteiger partial charge in [0.2, 0.25) is 0 Å². The van der Waals surface area contributed by atoms with Gasteiger partial charge in [-0.25, -0.2) is 0 Å². The quantitative estimate of drug-likeness (QED) is 0.767. The summed E-state index contributed by atoms with van der Waals surface area (Å²) in [6.07, 6.45) is -0.112. The number of morpholine rings is 1. The third-order valence-corrected chi connectivity index (χ3v) is 4.94. The van der Waals surface area contributed by atoms with Crippen LogP contribution in [0.3, 0.4) is 0 Å². The zero-order chi connectivity index (χ0) is 20.1. The summed E-state index contributed by atoms with van der Waals surface area (Å²) in [5.74, 6) is 1.09. The van der Waals surface area contributed by atoms with Crippen molar-refractivity contribution in [3.63, 3.8) is 0 Å². The molecule has 2 atom stereocenters. The Kier molecular flexibility index (Phi) is 6.54. The molecule has 28 heavy (non-hydrogen) atoms. The van der Waals surface area contributed by atoms with Crippen LogP contribution in [0, 0.1) is 0 Å². The van der Waals surface area contributed by atoms with Gasteiger partial charge in [0.05, 0.1) is 38.5 Å². The lowest BCUT2D eigenvalue weighted by Crippen LogP contribution is -2.51. The lowest BCUT2D eigenvalue weighted by molar-refractivity contribution is -0.0685. The fraction of sp³-hybridized carbons (Fsp3) is 0.409. The summed E-state index contributed by atoms with van der Waals surface area (Å²) < 4.78 is 16.8. The Balaban J connectivity index is 1.98. The molecule has 1 heterocycles. The number of methoxy groups -OCH3 is 2. The average molecular weight is 384 g/mol. The Hall–Kier alpha value is -2.57. The van der Waals surface area contributed by atoms with Gasteiger partial charge in [-0.15, -0.1) is 0 Å². The van der Waals surface area contributed by atoms with Gasteiger partial charge in [-0.2, -0.15) is 0 Å². The van der Waals surface area contributed by atoms with Crippen LogP contribution in [-0.4, -0.2) is 69.8 Å². The highest BCUT2D eigenvalue weighted by molar-refractivity contribution is 5.97. The van der Waals surface area contributed by atoms with Gasteiger partial charge in [0.25, 0.3) is 5.91 Å². The van der Waals surface area contributed by atoms with Gasteiger partial charge in [0, 0.05) is 19.2 Å². The summed E-state index contributed by atoms with van der Waals surface area (Å²) in [5.41, 5.74) is 1.59. The van der Waals surface area contributed by atoms with E-state index in [4.69, 9.17) is 14.2 Å². The van der Waals surface area contributed by atoms with E-state index < -0.39 is 0 Å². The minimum atomic E-state index is -0.170. The second kappa shape index (κ2) is 9.08. The van der Waals surface area contributed by atoms with Crippen molar-refractivity contribution in [3.05, 3.63) is 59.7 Å². The molecule has 0 bridgehead atoms. The molecule has 2 aromatic rings. The predicted octanol–water partition coefficient (Wildman–Crippen LogP) is 2.85. The number of rotatable bonds is 6. The first-order valence-corrected chi connectivity index (χ1v) is 9.39. The number of amides is 1. The molecule has 150 valence electrons. The lowest BCUT2D eigenvalue weighted by Gasteiger charge is -2.42. The highest BCUT2D eigenvalue weighted by Gasteiger charge is 2.37. The van der Waals surface area contributed by atoms with Gasteiger partial charge < -0.3 is 24.0 Å². The van der Waals surface area contributed by atoms with Crippen molar-refractivity contribution in [1.82, 2.24) is 9.80 Å². The van der Waals surface area contributed by atoms with Crippen molar-refractivity contribution >= 4 is 5.91 Å². The van der Waals surface area contributed by atoms with E-state index in [0.717, 1.165) is 12.1 Å². The van der Waals surface area contributed by atoms with E-state index in [2.05, 4.69) is 4.90 Å². The van der Waals surface area contributed by atoms with Gasteiger partial charge in [-0.1, -0.05) is 30.3 Å². The number of hydrogen-bond acceptors (Lipinski definition) is 5. The SMILES string of the molecule is COc1ccc(C(=O)N2CCO[C@@H](CN(C)C)[C@@H]2c2ccccc2)c(OC)c1. The van der Waals surface area contributed by atoms with Crippen molar-refractivity contribution in [2.24, 2.45) is 0 Å². The average Bonchev–Trinajstić information content (AvgIpc) is 2.72. The predicted molar refractivity (Wildman–Crippen MR) is 108 cm³/mol. The molecule has 0 aromatic heterocycles. The summed E-state index contributed by atoms with van der Waals surface area (Å²) in [6.45, 7) is 1.76.